The van der Waals surface area contributed by atoms with Gasteiger partial charge < -0.3 is 10.2 Å². The number of fused-ring (bicyclic) bond motifs is 1. The second-order valence-corrected chi connectivity index (χ2v) is 7.80. The minimum absolute atomic E-state index is 0.162. The predicted octanol–water partition coefficient (Wildman–Crippen LogP) is 3.34. The Bertz CT molecular complexity index is 1080. The summed E-state index contributed by atoms with van der Waals surface area (Å²) in [6.07, 6.45) is 5.66. The van der Waals surface area contributed by atoms with Crippen LogP contribution in [0.15, 0.2) is 30.6 Å². The van der Waals surface area contributed by atoms with E-state index in [9.17, 15) is 13.2 Å². The lowest BCUT2D eigenvalue weighted by Crippen LogP contribution is -2.46. The molecule has 1 saturated carbocycles. The molecular formula is C21H21F3N6. The van der Waals surface area contributed by atoms with Gasteiger partial charge in [-0.25, -0.2) is 23.1 Å². The van der Waals surface area contributed by atoms with Crippen LogP contribution < -0.4 is 10.2 Å². The maximum absolute atomic E-state index is 14.0. The van der Waals surface area contributed by atoms with Crippen LogP contribution in [-0.4, -0.2) is 52.1 Å². The maximum Gasteiger partial charge on any atom is 0.172 e. The highest BCUT2D eigenvalue weighted by atomic mass is 19.2. The van der Waals surface area contributed by atoms with E-state index >= 15 is 0 Å². The van der Waals surface area contributed by atoms with Gasteiger partial charge in [-0.1, -0.05) is 0 Å². The number of nitrogens with one attached hydrogen (secondary N) is 1. The third-order valence-corrected chi connectivity index (χ3v) is 5.52. The van der Waals surface area contributed by atoms with Crippen molar-refractivity contribution in [1.29, 1.82) is 0 Å². The molecule has 2 aromatic heterocycles. The number of hydrogen-bond donors (Lipinski definition) is 1. The first-order valence-corrected chi connectivity index (χ1v) is 10.1. The van der Waals surface area contributed by atoms with Crippen molar-refractivity contribution in [3.05, 3.63) is 53.6 Å². The van der Waals surface area contributed by atoms with Crippen LogP contribution in [0.2, 0.25) is 0 Å². The van der Waals surface area contributed by atoms with Gasteiger partial charge in [0.05, 0.1) is 11.7 Å². The van der Waals surface area contributed by atoms with Gasteiger partial charge in [-0.05, 0) is 25.0 Å². The molecule has 1 aliphatic heterocycles. The third-order valence-electron chi connectivity index (χ3n) is 5.52. The summed E-state index contributed by atoms with van der Waals surface area (Å²) < 4.78 is 40.6. The standard InChI is InChI=1S/C21H21F3N6/c22-15-10-17(24)16(23)9-13(15)12-29-5-7-30(8-6-29)21-20(26-14-1-2-14)27-18-3-4-25-11-19(18)28-21/h3-4,9-11,14H,1-2,5-8,12H2,(H,26,27). The van der Waals surface area contributed by atoms with Crippen LogP contribution in [0.1, 0.15) is 18.4 Å². The molecule has 0 radical (unpaired) electrons. The van der Waals surface area contributed by atoms with Gasteiger partial charge in [-0.2, -0.15) is 0 Å². The maximum atomic E-state index is 14.0. The number of halogens is 3. The van der Waals surface area contributed by atoms with Crippen LogP contribution in [0.4, 0.5) is 24.8 Å². The van der Waals surface area contributed by atoms with E-state index in [0.29, 0.717) is 38.3 Å². The van der Waals surface area contributed by atoms with Crippen LogP contribution in [0.5, 0.6) is 0 Å². The number of piperazine rings is 1. The summed E-state index contributed by atoms with van der Waals surface area (Å²) in [5, 5.41) is 3.47. The lowest BCUT2D eigenvalue weighted by atomic mass is 10.1. The number of rotatable bonds is 5. The normalized spacial score (nSPS) is 17.5. The number of hydrogen-bond acceptors (Lipinski definition) is 6. The van der Waals surface area contributed by atoms with Crippen molar-refractivity contribution < 1.29 is 13.2 Å². The summed E-state index contributed by atoms with van der Waals surface area (Å²) in [6.45, 7) is 2.87. The SMILES string of the molecule is Fc1cc(F)c(CN2CCN(c3nc4cnccc4nc3NC3CC3)CC2)cc1F. The van der Waals surface area contributed by atoms with Gasteiger partial charge in [-0.15, -0.1) is 0 Å². The lowest BCUT2D eigenvalue weighted by Gasteiger charge is -2.36. The fourth-order valence-corrected chi connectivity index (χ4v) is 3.68. The molecule has 0 atom stereocenters. The van der Waals surface area contributed by atoms with Crippen molar-refractivity contribution >= 4 is 22.7 Å². The van der Waals surface area contributed by atoms with E-state index in [1.807, 2.05) is 11.0 Å². The van der Waals surface area contributed by atoms with Gasteiger partial charge in [0.2, 0.25) is 0 Å². The average molecular weight is 414 g/mol. The van der Waals surface area contributed by atoms with Crippen molar-refractivity contribution in [3.63, 3.8) is 0 Å². The molecule has 6 nitrogen and oxygen atoms in total. The first kappa shape index (κ1) is 19.0. The monoisotopic (exact) mass is 414 g/mol. The number of anilines is 2. The highest BCUT2D eigenvalue weighted by Crippen LogP contribution is 2.31. The quantitative estimate of drug-likeness (QED) is 0.647. The van der Waals surface area contributed by atoms with E-state index in [-0.39, 0.29) is 12.1 Å². The first-order valence-electron chi connectivity index (χ1n) is 10.1. The summed E-state index contributed by atoms with van der Waals surface area (Å²) >= 11 is 0. The van der Waals surface area contributed by atoms with Gasteiger partial charge in [0.15, 0.2) is 23.3 Å². The topological polar surface area (TPSA) is 57.2 Å². The highest BCUT2D eigenvalue weighted by Gasteiger charge is 2.27. The van der Waals surface area contributed by atoms with Crippen molar-refractivity contribution in [2.45, 2.75) is 25.4 Å². The zero-order chi connectivity index (χ0) is 20.7. The Morgan fingerprint density at radius 3 is 2.47 bits per heavy atom. The van der Waals surface area contributed by atoms with Gasteiger partial charge in [-0.3, -0.25) is 9.88 Å². The minimum atomic E-state index is -1.17. The van der Waals surface area contributed by atoms with Gasteiger partial charge >= 0.3 is 0 Å². The summed E-state index contributed by atoms with van der Waals surface area (Å²) in [7, 11) is 0. The smallest absolute Gasteiger partial charge is 0.172 e. The summed E-state index contributed by atoms with van der Waals surface area (Å²) in [6, 6.07) is 3.83. The largest absolute Gasteiger partial charge is 0.364 e. The molecule has 1 saturated heterocycles. The van der Waals surface area contributed by atoms with E-state index in [0.717, 1.165) is 41.6 Å². The van der Waals surface area contributed by atoms with E-state index in [1.54, 1.807) is 12.4 Å². The van der Waals surface area contributed by atoms with E-state index < -0.39 is 17.5 Å². The zero-order valence-electron chi connectivity index (χ0n) is 16.3. The summed E-state index contributed by atoms with van der Waals surface area (Å²) in [5.41, 5.74) is 1.69. The summed E-state index contributed by atoms with van der Waals surface area (Å²) in [5.74, 6) is -1.35. The number of benzene rings is 1. The van der Waals surface area contributed by atoms with E-state index in [1.165, 1.54) is 0 Å². The van der Waals surface area contributed by atoms with E-state index in [2.05, 4.69) is 15.2 Å². The van der Waals surface area contributed by atoms with Crippen molar-refractivity contribution in [1.82, 2.24) is 19.9 Å². The molecule has 3 heterocycles. The zero-order valence-corrected chi connectivity index (χ0v) is 16.3. The van der Waals surface area contributed by atoms with Gasteiger partial charge in [0.25, 0.3) is 0 Å². The van der Waals surface area contributed by atoms with Crippen LogP contribution >= 0.6 is 0 Å². The third kappa shape index (κ3) is 3.89. The number of nitrogens with zero attached hydrogens (tertiary/aromatic N) is 5. The Hall–Kier alpha value is -2.94. The molecule has 2 fully saturated rings. The second-order valence-electron chi connectivity index (χ2n) is 7.80. The predicted molar refractivity (Wildman–Crippen MR) is 108 cm³/mol. The molecule has 1 aliphatic carbocycles. The Morgan fingerprint density at radius 1 is 0.933 bits per heavy atom. The Morgan fingerprint density at radius 2 is 1.70 bits per heavy atom. The molecule has 30 heavy (non-hydrogen) atoms. The molecule has 156 valence electrons. The summed E-state index contributed by atoms with van der Waals surface area (Å²) in [4.78, 5) is 17.9. The first-order chi connectivity index (χ1) is 14.6. The molecule has 0 spiro atoms. The molecule has 0 amide bonds. The molecular weight excluding hydrogens is 393 g/mol. The molecule has 5 rings (SSSR count). The van der Waals surface area contributed by atoms with Crippen LogP contribution in [-0.2, 0) is 6.54 Å². The van der Waals surface area contributed by atoms with Crippen LogP contribution in [0.25, 0.3) is 11.0 Å². The lowest BCUT2D eigenvalue weighted by molar-refractivity contribution is 0.245. The number of pyridine rings is 1. The average Bonchev–Trinajstić information content (AvgIpc) is 3.56. The van der Waals surface area contributed by atoms with Gasteiger partial charge in [0.1, 0.15) is 11.3 Å². The molecule has 2 aliphatic rings. The highest BCUT2D eigenvalue weighted by molar-refractivity contribution is 5.80. The molecule has 3 aromatic rings. The van der Waals surface area contributed by atoms with Crippen molar-refractivity contribution in [3.8, 4) is 0 Å². The molecule has 0 bridgehead atoms. The van der Waals surface area contributed by atoms with Crippen LogP contribution in [0, 0.1) is 17.5 Å². The van der Waals surface area contributed by atoms with Crippen LogP contribution in [0.3, 0.4) is 0 Å². The molecule has 0 unspecified atom stereocenters. The molecule has 1 aromatic carbocycles. The second kappa shape index (κ2) is 7.71. The molecule has 9 heteroatoms. The fourth-order valence-electron chi connectivity index (χ4n) is 3.68. The Labute approximate surface area is 171 Å². The fraction of sp³-hybridized carbons (Fsp3) is 0.381. The van der Waals surface area contributed by atoms with Gasteiger partial charge in [0, 0.05) is 56.6 Å². The Balaban J connectivity index is 1.32. The molecule has 1 N–H and O–H groups in total. The number of aromatic nitrogens is 3. The minimum Gasteiger partial charge on any atom is -0.364 e. The van der Waals surface area contributed by atoms with E-state index in [4.69, 9.17) is 9.97 Å². The van der Waals surface area contributed by atoms with Crippen molar-refractivity contribution in [2.24, 2.45) is 0 Å². The van der Waals surface area contributed by atoms with Crippen molar-refractivity contribution in [2.75, 3.05) is 36.4 Å². The Kier molecular flexibility index (Phi) is 4.90.